The molecule has 0 spiro atoms. The molecular weight excluding hydrogens is 323 g/mol. The average molecular weight is 329 g/mol. The predicted octanol–water partition coefficient (Wildman–Crippen LogP) is 2.61. The maximum atomic E-state index is 13.9. The molecule has 3 rings (SSSR count). The van der Waals surface area contributed by atoms with Crippen LogP contribution in [0.25, 0.3) is 16.9 Å². The molecule has 0 aliphatic heterocycles. The molecule has 0 saturated heterocycles. The molecule has 3 aromatic rings. The summed E-state index contributed by atoms with van der Waals surface area (Å²) >= 11 is 0. The van der Waals surface area contributed by atoms with Crippen LogP contribution in [0.5, 0.6) is 0 Å². The SMILES string of the molecule is O=c1o[nH][n+](-c2ccccc2)c1-c1c(F)c(F)c(F)c(F)c1F. The Hall–Kier alpha value is -2.97. The molecule has 23 heavy (non-hydrogen) atoms. The van der Waals surface area contributed by atoms with E-state index in [0.29, 0.717) is 0 Å². The van der Waals surface area contributed by atoms with Crippen LogP contribution in [-0.4, -0.2) is 5.27 Å². The lowest BCUT2D eigenvalue weighted by Gasteiger charge is -2.03. The van der Waals surface area contributed by atoms with E-state index in [2.05, 4.69) is 9.79 Å². The summed E-state index contributed by atoms with van der Waals surface area (Å²) in [7, 11) is 0. The van der Waals surface area contributed by atoms with Crippen molar-refractivity contribution >= 4 is 0 Å². The number of aromatic nitrogens is 2. The highest BCUT2D eigenvalue weighted by Gasteiger charge is 2.36. The summed E-state index contributed by atoms with van der Waals surface area (Å²) in [6.07, 6.45) is 0. The highest BCUT2D eigenvalue weighted by molar-refractivity contribution is 5.58. The van der Waals surface area contributed by atoms with Crippen molar-refractivity contribution < 1.29 is 31.2 Å². The van der Waals surface area contributed by atoms with Gasteiger partial charge < -0.3 is 0 Å². The van der Waals surface area contributed by atoms with Crippen molar-refractivity contribution in [2.24, 2.45) is 0 Å². The highest BCUT2D eigenvalue weighted by Crippen LogP contribution is 2.28. The second-order valence-corrected chi connectivity index (χ2v) is 4.45. The van der Waals surface area contributed by atoms with Gasteiger partial charge in [-0.25, -0.2) is 26.7 Å². The Labute approximate surface area is 124 Å². The molecular formula is C14H6F5N2O2+. The number of hydrogen-bond acceptors (Lipinski definition) is 2. The molecule has 118 valence electrons. The molecule has 0 bridgehead atoms. The van der Waals surface area contributed by atoms with Gasteiger partial charge in [-0.05, 0) is 9.95 Å². The molecule has 1 heterocycles. The molecule has 0 radical (unpaired) electrons. The lowest BCUT2D eigenvalue weighted by molar-refractivity contribution is -0.660. The van der Waals surface area contributed by atoms with Crippen molar-refractivity contribution in [2.45, 2.75) is 0 Å². The molecule has 0 aliphatic rings. The zero-order valence-corrected chi connectivity index (χ0v) is 11.0. The fraction of sp³-hybridized carbons (Fsp3) is 0. The zero-order chi connectivity index (χ0) is 16.7. The molecule has 0 aliphatic carbocycles. The molecule has 4 nitrogen and oxygen atoms in total. The smallest absolute Gasteiger partial charge is 0.282 e. The molecule has 9 heteroatoms. The number of hydrogen-bond donors (Lipinski definition) is 1. The number of rotatable bonds is 2. The van der Waals surface area contributed by atoms with Gasteiger partial charge in [0.1, 0.15) is 5.56 Å². The van der Waals surface area contributed by atoms with Gasteiger partial charge in [0.2, 0.25) is 11.5 Å². The van der Waals surface area contributed by atoms with Crippen molar-refractivity contribution in [1.82, 2.24) is 5.27 Å². The summed E-state index contributed by atoms with van der Waals surface area (Å²) < 4.78 is 72.9. The monoisotopic (exact) mass is 329 g/mol. The van der Waals surface area contributed by atoms with Crippen molar-refractivity contribution in [1.29, 1.82) is 0 Å². The topological polar surface area (TPSA) is 49.9 Å². The number of H-pyrrole nitrogens is 1. The summed E-state index contributed by atoms with van der Waals surface area (Å²) in [5.41, 5.74) is -3.33. The highest BCUT2D eigenvalue weighted by atomic mass is 19.2. The van der Waals surface area contributed by atoms with Crippen LogP contribution in [0.3, 0.4) is 0 Å². The van der Waals surface area contributed by atoms with Crippen molar-refractivity contribution in [3.63, 3.8) is 0 Å². The summed E-state index contributed by atoms with van der Waals surface area (Å²) in [6, 6.07) is 7.56. The van der Waals surface area contributed by atoms with Gasteiger partial charge in [-0.15, -0.1) is 0 Å². The van der Waals surface area contributed by atoms with Crippen LogP contribution < -0.4 is 10.3 Å². The van der Waals surface area contributed by atoms with Crippen molar-refractivity contribution in [3.05, 3.63) is 69.8 Å². The van der Waals surface area contributed by atoms with Crippen LogP contribution in [0.15, 0.2) is 39.6 Å². The van der Waals surface area contributed by atoms with Gasteiger partial charge in [0, 0.05) is 12.1 Å². The average Bonchev–Trinajstić information content (AvgIpc) is 2.94. The third-order valence-corrected chi connectivity index (χ3v) is 3.11. The van der Waals surface area contributed by atoms with Crippen LogP contribution in [0.4, 0.5) is 22.0 Å². The maximum Gasteiger partial charge on any atom is 0.435 e. The molecule has 0 amide bonds. The lowest BCUT2D eigenvalue weighted by Crippen LogP contribution is -2.36. The fourth-order valence-electron chi connectivity index (χ4n) is 2.06. The first kappa shape index (κ1) is 14.9. The predicted molar refractivity (Wildman–Crippen MR) is 66.1 cm³/mol. The second kappa shape index (κ2) is 5.34. The lowest BCUT2D eigenvalue weighted by atomic mass is 10.1. The summed E-state index contributed by atoms with van der Waals surface area (Å²) in [6.45, 7) is 0. The molecule has 0 unspecified atom stereocenters. The van der Waals surface area contributed by atoms with Gasteiger partial charge >= 0.3 is 11.3 Å². The summed E-state index contributed by atoms with van der Waals surface area (Å²) in [5.74, 6) is -10.9. The molecule has 0 saturated carbocycles. The van der Waals surface area contributed by atoms with Gasteiger partial charge in [0.05, 0.1) is 0 Å². The van der Waals surface area contributed by atoms with E-state index < -0.39 is 46.0 Å². The van der Waals surface area contributed by atoms with Gasteiger partial charge in [-0.1, -0.05) is 18.2 Å². The number of benzene rings is 2. The van der Waals surface area contributed by atoms with E-state index in [9.17, 15) is 26.7 Å². The van der Waals surface area contributed by atoms with E-state index >= 15 is 0 Å². The molecule has 1 N–H and O–H groups in total. The van der Waals surface area contributed by atoms with E-state index in [0.717, 1.165) is 4.68 Å². The second-order valence-electron chi connectivity index (χ2n) is 4.45. The number of aromatic amines is 1. The third-order valence-electron chi connectivity index (χ3n) is 3.11. The minimum atomic E-state index is -2.31. The van der Waals surface area contributed by atoms with Gasteiger partial charge in [-0.2, -0.15) is 0 Å². The van der Waals surface area contributed by atoms with Crippen molar-refractivity contribution in [3.8, 4) is 16.9 Å². The third kappa shape index (κ3) is 2.20. The van der Waals surface area contributed by atoms with Crippen LogP contribution in [-0.2, 0) is 0 Å². The minimum absolute atomic E-state index is 0.192. The molecule has 0 atom stereocenters. The van der Waals surface area contributed by atoms with E-state index in [1.165, 1.54) is 24.3 Å². The maximum absolute atomic E-state index is 13.9. The Morgan fingerprint density at radius 2 is 1.35 bits per heavy atom. The summed E-state index contributed by atoms with van der Waals surface area (Å²) in [5, 5.41) is 2.05. The number of halogens is 5. The standard InChI is InChI=1S/C14H5F5N2O2/c15-8-7(9(16)11(18)12(19)10(8)17)13-14(22)23-20-21(13)6-4-2-1-3-5-6/h1-5H/p+1. The quantitative estimate of drug-likeness (QED) is 0.340. The number of para-hydroxylation sites is 1. The van der Waals surface area contributed by atoms with Crippen LogP contribution >= 0.6 is 0 Å². The van der Waals surface area contributed by atoms with E-state index in [4.69, 9.17) is 0 Å². The summed E-state index contributed by atoms with van der Waals surface area (Å²) in [4.78, 5) is 11.7. The van der Waals surface area contributed by atoms with Crippen LogP contribution in [0, 0.1) is 29.1 Å². The largest absolute Gasteiger partial charge is 0.435 e. The Kier molecular flexibility index (Phi) is 3.47. The van der Waals surface area contributed by atoms with Crippen molar-refractivity contribution in [2.75, 3.05) is 0 Å². The van der Waals surface area contributed by atoms with E-state index in [-0.39, 0.29) is 5.69 Å². The first-order valence-electron chi connectivity index (χ1n) is 6.14. The first-order chi connectivity index (χ1) is 10.9. The zero-order valence-electron chi connectivity index (χ0n) is 11.0. The van der Waals surface area contributed by atoms with Gasteiger partial charge in [-0.3, -0.25) is 4.52 Å². The number of nitrogens with one attached hydrogen (secondary N) is 1. The van der Waals surface area contributed by atoms with E-state index in [1.54, 1.807) is 6.07 Å². The van der Waals surface area contributed by atoms with Crippen LogP contribution in [0.2, 0.25) is 0 Å². The fourth-order valence-corrected chi connectivity index (χ4v) is 2.06. The van der Waals surface area contributed by atoms with E-state index in [1.807, 2.05) is 0 Å². The normalized spacial score (nSPS) is 11.0. The Balaban J connectivity index is 2.39. The Bertz CT molecular complexity index is 921. The number of nitrogens with zero attached hydrogens (tertiary/aromatic N) is 1. The first-order valence-corrected chi connectivity index (χ1v) is 6.14. The molecule has 2 aromatic carbocycles. The Morgan fingerprint density at radius 3 is 1.91 bits per heavy atom. The molecule has 0 fully saturated rings. The van der Waals surface area contributed by atoms with Gasteiger partial charge in [0.15, 0.2) is 23.3 Å². The minimum Gasteiger partial charge on any atom is -0.282 e. The Morgan fingerprint density at radius 1 is 0.826 bits per heavy atom. The van der Waals surface area contributed by atoms with Gasteiger partial charge in [0.25, 0.3) is 0 Å². The molecule has 1 aromatic heterocycles. The van der Waals surface area contributed by atoms with Crippen LogP contribution in [0.1, 0.15) is 0 Å².